The van der Waals surface area contributed by atoms with Gasteiger partial charge in [0.1, 0.15) is 11.7 Å². The van der Waals surface area contributed by atoms with Gasteiger partial charge in [-0.05, 0) is 24.1 Å². The van der Waals surface area contributed by atoms with Gasteiger partial charge in [0.05, 0.1) is 32.3 Å². The summed E-state index contributed by atoms with van der Waals surface area (Å²) in [6.45, 7) is 0. The van der Waals surface area contributed by atoms with E-state index in [9.17, 15) is 9.59 Å². The Morgan fingerprint density at radius 3 is 2.32 bits per heavy atom. The number of hydrogen-bond donors (Lipinski definition) is 3. The van der Waals surface area contributed by atoms with Crippen LogP contribution < -0.4 is 20.5 Å². The molecular weight excluding hydrogens is 400 g/mol. The summed E-state index contributed by atoms with van der Waals surface area (Å²) in [5, 5.41) is 11.6. The van der Waals surface area contributed by atoms with Crippen molar-refractivity contribution in [1.82, 2.24) is 9.97 Å². The predicted molar refractivity (Wildman–Crippen MR) is 114 cm³/mol. The first-order valence-electron chi connectivity index (χ1n) is 9.34. The molecule has 160 valence electrons. The minimum absolute atomic E-state index is 0.155. The molecular formula is C22H22N4O5. The van der Waals surface area contributed by atoms with Crippen molar-refractivity contribution in [2.45, 2.75) is 12.5 Å². The molecule has 1 aromatic heterocycles. The molecule has 0 aliphatic rings. The van der Waals surface area contributed by atoms with Crippen LogP contribution >= 0.6 is 0 Å². The van der Waals surface area contributed by atoms with Gasteiger partial charge in [-0.1, -0.05) is 24.3 Å². The molecule has 0 saturated heterocycles. The Hall–Kier alpha value is -3.98. The number of nitrogens with one attached hydrogen (secondary N) is 1. The number of benzene rings is 2. The van der Waals surface area contributed by atoms with E-state index in [0.29, 0.717) is 22.9 Å². The summed E-state index contributed by atoms with van der Waals surface area (Å²) in [6.07, 6.45) is 3.12. The van der Waals surface area contributed by atoms with Crippen molar-refractivity contribution >= 4 is 17.6 Å². The number of aromatic nitrogens is 2. The van der Waals surface area contributed by atoms with Crippen molar-refractivity contribution in [1.29, 1.82) is 0 Å². The summed E-state index contributed by atoms with van der Waals surface area (Å²) in [5.74, 6) is -0.406. The maximum absolute atomic E-state index is 12.5. The molecule has 2 aromatic carbocycles. The zero-order chi connectivity index (χ0) is 22.4. The maximum atomic E-state index is 12.5. The average Bonchev–Trinajstić information content (AvgIpc) is 2.79. The number of methoxy groups -OCH3 is 2. The Morgan fingerprint density at radius 1 is 1.03 bits per heavy atom. The van der Waals surface area contributed by atoms with E-state index in [0.717, 1.165) is 11.1 Å². The lowest BCUT2D eigenvalue weighted by Gasteiger charge is -2.10. The van der Waals surface area contributed by atoms with Gasteiger partial charge in [-0.15, -0.1) is 0 Å². The molecule has 9 nitrogen and oxygen atoms in total. The molecule has 1 atom stereocenters. The van der Waals surface area contributed by atoms with E-state index in [1.54, 1.807) is 42.5 Å². The third kappa shape index (κ3) is 5.34. The SMILES string of the molecule is COc1ccc(NC(=O)c2cnc(-c3ccc(C[C@H](N)C(=O)O)cc3)cn2)cc1OC. The number of carboxylic acid groups (broad SMARTS) is 1. The van der Waals surface area contributed by atoms with Crippen LogP contribution in [0.4, 0.5) is 5.69 Å². The van der Waals surface area contributed by atoms with Crippen molar-refractivity contribution in [3.63, 3.8) is 0 Å². The zero-order valence-electron chi connectivity index (χ0n) is 17.0. The van der Waals surface area contributed by atoms with Crippen LogP contribution in [-0.2, 0) is 11.2 Å². The van der Waals surface area contributed by atoms with Gasteiger partial charge in [0.2, 0.25) is 0 Å². The minimum atomic E-state index is -1.04. The molecule has 1 heterocycles. The zero-order valence-corrected chi connectivity index (χ0v) is 17.0. The van der Waals surface area contributed by atoms with Gasteiger partial charge >= 0.3 is 5.97 Å². The highest BCUT2D eigenvalue weighted by atomic mass is 16.5. The van der Waals surface area contributed by atoms with E-state index < -0.39 is 17.9 Å². The number of carbonyl (C=O) groups is 2. The van der Waals surface area contributed by atoms with Crippen LogP contribution in [0.3, 0.4) is 0 Å². The lowest BCUT2D eigenvalue weighted by Crippen LogP contribution is -2.32. The number of carboxylic acids is 1. The highest BCUT2D eigenvalue weighted by Gasteiger charge is 2.13. The molecule has 4 N–H and O–H groups in total. The number of nitrogens with zero attached hydrogens (tertiary/aromatic N) is 2. The van der Waals surface area contributed by atoms with E-state index in [1.807, 2.05) is 0 Å². The number of rotatable bonds is 8. The van der Waals surface area contributed by atoms with Crippen molar-refractivity contribution in [2.24, 2.45) is 5.73 Å². The van der Waals surface area contributed by atoms with Crippen LogP contribution in [-0.4, -0.2) is 47.2 Å². The Kier molecular flexibility index (Phi) is 6.78. The number of anilines is 1. The second kappa shape index (κ2) is 9.68. The third-order valence-electron chi connectivity index (χ3n) is 4.55. The van der Waals surface area contributed by atoms with Crippen molar-refractivity contribution in [3.8, 4) is 22.8 Å². The van der Waals surface area contributed by atoms with E-state index in [-0.39, 0.29) is 12.1 Å². The lowest BCUT2D eigenvalue weighted by atomic mass is 10.0. The molecule has 0 spiro atoms. The van der Waals surface area contributed by atoms with Crippen LogP contribution in [0.25, 0.3) is 11.3 Å². The predicted octanol–water partition coefficient (Wildman–Crippen LogP) is 2.37. The fourth-order valence-electron chi connectivity index (χ4n) is 2.86. The minimum Gasteiger partial charge on any atom is -0.493 e. The van der Waals surface area contributed by atoms with Crippen molar-refractivity contribution in [3.05, 3.63) is 66.1 Å². The molecule has 31 heavy (non-hydrogen) atoms. The molecule has 0 unspecified atom stereocenters. The molecule has 1 amide bonds. The first kappa shape index (κ1) is 21.7. The quantitative estimate of drug-likeness (QED) is 0.503. The van der Waals surface area contributed by atoms with Crippen LogP contribution in [0.2, 0.25) is 0 Å². The Labute approximate surface area is 178 Å². The van der Waals surface area contributed by atoms with Crippen LogP contribution in [0.15, 0.2) is 54.9 Å². The van der Waals surface area contributed by atoms with Gasteiger partial charge in [0.25, 0.3) is 5.91 Å². The number of nitrogens with two attached hydrogens (primary N) is 1. The molecule has 0 bridgehead atoms. The molecule has 3 aromatic rings. The highest BCUT2D eigenvalue weighted by molar-refractivity contribution is 6.02. The lowest BCUT2D eigenvalue weighted by molar-refractivity contribution is -0.138. The van der Waals surface area contributed by atoms with E-state index >= 15 is 0 Å². The van der Waals surface area contributed by atoms with Gasteiger partial charge < -0.3 is 25.6 Å². The number of carbonyl (C=O) groups excluding carboxylic acids is 1. The molecule has 9 heteroatoms. The van der Waals surface area contributed by atoms with E-state index in [4.69, 9.17) is 20.3 Å². The second-order valence-electron chi connectivity index (χ2n) is 6.66. The van der Waals surface area contributed by atoms with E-state index in [2.05, 4.69) is 15.3 Å². The van der Waals surface area contributed by atoms with Crippen LogP contribution in [0, 0.1) is 0 Å². The standard InChI is InChI=1S/C22H22N4O5/c1-30-19-8-7-15(10-20(19)31-2)26-21(27)18-12-24-17(11-25-18)14-5-3-13(4-6-14)9-16(23)22(28)29/h3-8,10-12,16H,9,23H2,1-2H3,(H,26,27)(H,28,29)/t16-/m0/s1. The van der Waals surface area contributed by atoms with Crippen molar-refractivity contribution < 1.29 is 24.2 Å². The molecule has 0 saturated carbocycles. The smallest absolute Gasteiger partial charge is 0.320 e. The Balaban J connectivity index is 1.68. The Bertz CT molecular complexity index is 1070. The summed E-state index contributed by atoms with van der Waals surface area (Å²) < 4.78 is 10.4. The van der Waals surface area contributed by atoms with Crippen LogP contribution in [0.5, 0.6) is 11.5 Å². The summed E-state index contributed by atoms with van der Waals surface area (Å²) >= 11 is 0. The summed E-state index contributed by atoms with van der Waals surface area (Å²) in [7, 11) is 3.05. The van der Waals surface area contributed by atoms with E-state index in [1.165, 1.54) is 26.6 Å². The Morgan fingerprint density at radius 2 is 1.74 bits per heavy atom. The molecule has 0 radical (unpaired) electrons. The average molecular weight is 422 g/mol. The number of hydrogen-bond acceptors (Lipinski definition) is 7. The van der Waals surface area contributed by atoms with Gasteiger partial charge in [-0.3, -0.25) is 14.6 Å². The number of aliphatic carboxylic acids is 1. The fourth-order valence-corrected chi connectivity index (χ4v) is 2.86. The normalized spacial score (nSPS) is 11.5. The largest absolute Gasteiger partial charge is 0.493 e. The molecule has 3 rings (SSSR count). The van der Waals surface area contributed by atoms with Gasteiger partial charge in [0, 0.05) is 17.3 Å². The fraction of sp³-hybridized carbons (Fsp3) is 0.182. The van der Waals surface area contributed by atoms with Crippen molar-refractivity contribution in [2.75, 3.05) is 19.5 Å². The molecule has 0 fully saturated rings. The molecule has 0 aliphatic carbocycles. The van der Waals surface area contributed by atoms with Gasteiger partial charge in [-0.25, -0.2) is 4.98 Å². The first-order valence-corrected chi connectivity index (χ1v) is 9.34. The summed E-state index contributed by atoms with van der Waals surface area (Å²) in [6, 6.07) is 11.3. The summed E-state index contributed by atoms with van der Waals surface area (Å²) in [5.41, 5.74) is 8.41. The van der Waals surface area contributed by atoms with Crippen LogP contribution in [0.1, 0.15) is 16.1 Å². The second-order valence-corrected chi connectivity index (χ2v) is 6.66. The van der Waals surface area contributed by atoms with Gasteiger partial charge in [0.15, 0.2) is 11.5 Å². The topological polar surface area (TPSA) is 137 Å². The highest BCUT2D eigenvalue weighted by Crippen LogP contribution is 2.29. The monoisotopic (exact) mass is 422 g/mol. The van der Waals surface area contributed by atoms with Gasteiger partial charge in [-0.2, -0.15) is 0 Å². The molecule has 0 aliphatic heterocycles. The third-order valence-corrected chi connectivity index (χ3v) is 4.55. The maximum Gasteiger partial charge on any atom is 0.320 e. The number of ether oxygens (including phenoxy) is 2. The summed E-state index contributed by atoms with van der Waals surface area (Å²) in [4.78, 5) is 31.8. The first-order chi connectivity index (χ1) is 14.9. The number of amides is 1.